The molecule has 0 saturated carbocycles. The fourth-order valence-electron chi connectivity index (χ4n) is 3.00. The van der Waals surface area contributed by atoms with E-state index in [4.69, 9.17) is 16.3 Å². The number of halogens is 2. The number of carbonyl (C=O) groups excluding carboxylic acids is 1. The molecule has 1 saturated heterocycles. The molecule has 10 heteroatoms. The van der Waals surface area contributed by atoms with Gasteiger partial charge in [-0.3, -0.25) is 4.68 Å². The number of nitrogens with zero attached hydrogens (tertiary/aromatic N) is 3. The largest absolute Gasteiger partial charge is 0.465 e. The molecule has 0 spiro atoms. The second-order valence-corrected chi connectivity index (χ2v) is 8.46. The van der Waals surface area contributed by atoms with Crippen LogP contribution in [0.2, 0.25) is 5.02 Å². The van der Waals surface area contributed by atoms with Gasteiger partial charge in [0.15, 0.2) is 0 Å². The molecule has 2 aromatic rings. The molecule has 1 aromatic carbocycles. The number of ether oxygens (including phenoxy) is 1. The average molecular weight is 416 g/mol. The van der Waals surface area contributed by atoms with Gasteiger partial charge in [0.2, 0.25) is 5.03 Å². The van der Waals surface area contributed by atoms with Crippen molar-refractivity contribution in [2.24, 2.45) is 0 Å². The highest BCUT2D eigenvalue weighted by Gasteiger charge is 2.34. The summed E-state index contributed by atoms with van der Waals surface area (Å²) < 4.78 is 47.2. The van der Waals surface area contributed by atoms with Crippen molar-refractivity contribution >= 4 is 27.6 Å². The number of hydrogen-bond donors (Lipinski definition) is 0. The van der Waals surface area contributed by atoms with Crippen molar-refractivity contribution in [2.75, 3.05) is 20.2 Å². The van der Waals surface area contributed by atoms with Gasteiger partial charge >= 0.3 is 5.97 Å². The fourth-order valence-corrected chi connectivity index (χ4v) is 4.83. The Kier molecular flexibility index (Phi) is 5.83. The molecular weight excluding hydrogens is 397 g/mol. The third kappa shape index (κ3) is 3.99. The van der Waals surface area contributed by atoms with Crippen molar-refractivity contribution in [2.45, 2.75) is 30.8 Å². The lowest BCUT2D eigenvalue weighted by atomic mass is 10.2. The summed E-state index contributed by atoms with van der Waals surface area (Å²) in [6, 6.07) is 4.24. The van der Waals surface area contributed by atoms with E-state index in [-0.39, 0.29) is 27.7 Å². The van der Waals surface area contributed by atoms with E-state index in [9.17, 15) is 17.6 Å². The molecule has 2 heterocycles. The number of piperidine rings is 1. The molecule has 0 unspecified atom stereocenters. The average Bonchev–Trinajstić information content (AvgIpc) is 3.10. The molecule has 146 valence electrons. The maximum atomic E-state index is 14.0. The lowest BCUT2D eigenvalue weighted by Gasteiger charge is -2.25. The smallest absolute Gasteiger partial charge is 0.342 e. The van der Waals surface area contributed by atoms with Gasteiger partial charge < -0.3 is 4.74 Å². The minimum Gasteiger partial charge on any atom is -0.465 e. The Morgan fingerprint density at radius 2 is 2.00 bits per heavy atom. The summed E-state index contributed by atoms with van der Waals surface area (Å²) in [7, 11) is -2.81. The summed E-state index contributed by atoms with van der Waals surface area (Å²) in [6.45, 7) is 0.620. The van der Waals surface area contributed by atoms with Crippen LogP contribution in [0.25, 0.3) is 0 Å². The first-order valence-electron chi connectivity index (χ1n) is 8.43. The quantitative estimate of drug-likeness (QED) is 0.701. The van der Waals surface area contributed by atoms with Crippen molar-refractivity contribution in [3.05, 3.63) is 46.4 Å². The first kappa shape index (κ1) is 19.8. The SMILES string of the molecule is COC(=O)c1cn(Cc2c(F)cccc2Cl)nc1S(=O)(=O)N1CCCCC1. The number of carbonyl (C=O) groups is 1. The summed E-state index contributed by atoms with van der Waals surface area (Å²) in [6.07, 6.45) is 3.69. The number of methoxy groups -OCH3 is 1. The highest BCUT2D eigenvalue weighted by molar-refractivity contribution is 7.89. The van der Waals surface area contributed by atoms with Crippen molar-refractivity contribution in [3.8, 4) is 0 Å². The predicted molar refractivity (Wildman–Crippen MR) is 96.7 cm³/mol. The van der Waals surface area contributed by atoms with Crippen LogP contribution in [0.15, 0.2) is 29.4 Å². The van der Waals surface area contributed by atoms with E-state index in [1.165, 1.54) is 33.4 Å². The molecule has 0 atom stereocenters. The Morgan fingerprint density at radius 3 is 2.63 bits per heavy atom. The molecule has 27 heavy (non-hydrogen) atoms. The summed E-state index contributed by atoms with van der Waals surface area (Å²) in [4.78, 5) is 12.1. The molecule has 7 nitrogen and oxygen atoms in total. The van der Waals surface area contributed by atoms with E-state index in [0.717, 1.165) is 26.4 Å². The molecule has 1 fully saturated rings. The molecule has 0 bridgehead atoms. The van der Waals surface area contributed by atoms with Crippen LogP contribution >= 0.6 is 11.6 Å². The number of aromatic nitrogens is 2. The first-order chi connectivity index (χ1) is 12.8. The minimum atomic E-state index is -3.97. The molecule has 0 aliphatic carbocycles. The van der Waals surface area contributed by atoms with Crippen molar-refractivity contribution in [1.29, 1.82) is 0 Å². The van der Waals surface area contributed by atoms with E-state index in [1.54, 1.807) is 0 Å². The van der Waals surface area contributed by atoms with E-state index in [1.807, 2.05) is 0 Å². The van der Waals surface area contributed by atoms with Crippen LogP contribution in [0.3, 0.4) is 0 Å². The summed E-state index contributed by atoms with van der Waals surface area (Å²) in [5.74, 6) is -1.37. The second kappa shape index (κ2) is 7.95. The molecule has 3 rings (SSSR count). The van der Waals surface area contributed by atoms with Crippen LogP contribution < -0.4 is 0 Å². The first-order valence-corrected chi connectivity index (χ1v) is 10.2. The topological polar surface area (TPSA) is 81.5 Å². The molecule has 1 aliphatic heterocycles. The van der Waals surface area contributed by atoms with Crippen LogP contribution in [-0.2, 0) is 21.3 Å². The minimum absolute atomic E-state index is 0.120. The lowest BCUT2D eigenvalue weighted by Crippen LogP contribution is -2.36. The van der Waals surface area contributed by atoms with Crippen molar-refractivity contribution in [1.82, 2.24) is 14.1 Å². The highest BCUT2D eigenvalue weighted by atomic mass is 35.5. The zero-order chi connectivity index (χ0) is 19.6. The monoisotopic (exact) mass is 415 g/mol. The lowest BCUT2D eigenvalue weighted by molar-refractivity contribution is 0.0596. The van der Waals surface area contributed by atoms with Gasteiger partial charge in [-0.25, -0.2) is 17.6 Å². The highest BCUT2D eigenvalue weighted by Crippen LogP contribution is 2.25. The number of rotatable bonds is 5. The van der Waals surface area contributed by atoms with Gasteiger partial charge in [0.25, 0.3) is 10.0 Å². The van der Waals surface area contributed by atoms with Gasteiger partial charge in [0, 0.05) is 29.9 Å². The maximum absolute atomic E-state index is 14.0. The van der Waals surface area contributed by atoms with Gasteiger partial charge in [-0.1, -0.05) is 24.1 Å². The number of esters is 1. The Labute approximate surface area is 161 Å². The number of hydrogen-bond acceptors (Lipinski definition) is 5. The molecule has 0 N–H and O–H groups in total. The van der Waals surface area contributed by atoms with Crippen LogP contribution in [-0.4, -0.2) is 48.7 Å². The Balaban J connectivity index is 2.02. The van der Waals surface area contributed by atoms with Gasteiger partial charge in [0.1, 0.15) is 11.4 Å². The molecule has 1 aromatic heterocycles. The fraction of sp³-hybridized carbons (Fsp3) is 0.412. The van der Waals surface area contributed by atoms with Crippen molar-refractivity contribution in [3.63, 3.8) is 0 Å². The zero-order valence-corrected chi connectivity index (χ0v) is 16.3. The maximum Gasteiger partial charge on any atom is 0.342 e. The van der Waals surface area contributed by atoms with Crippen LogP contribution in [0.5, 0.6) is 0 Å². The van der Waals surface area contributed by atoms with Crippen LogP contribution in [0.4, 0.5) is 4.39 Å². The standard InChI is InChI=1S/C17H19ClFN3O4S/c1-26-17(23)13-11-21(10-12-14(18)6-5-7-15(12)19)20-16(13)27(24,25)22-8-3-2-4-9-22/h5-7,11H,2-4,8-10H2,1H3. The van der Waals surface area contributed by atoms with E-state index in [0.29, 0.717) is 13.1 Å². The third-order valence-electron chi connectivity index (χ3n) is 4.41. The Hall–Kier alpha value is -1.97. The van der Waals surface area contributed by atoms with Crippen molar-refractivity contribution < 1.29 is 22.3 Å². The van der Waals surface area contributed by atoms with Gasteiger partial charge in [-0.05, 0) is 25.0 Å². The van der Waals surface area contributed by atoms with E-state index in [2.05, 4.69) is 5.10 Å². The number of sulfonamides is 1. The molecule has 0 radical (unpaired) electrons. The molecular formula is C17H19ClFN3O4S. The summed E-state index contributed by atoms with van der Waals surface area (Å²) >= 11 is 6.03. The van der Waals surface area contributed by atoms with E-state index >= 15 is 0 Å². The summed E-state index contributed by atoms with van der Waals surface area (Å²) in [5, 5.41) is 3.86. The Morgan fingerprint density at radius 1 is 1.30 bits per heavy atom. The van der Waals surface area contributed by atoms with Gasteiger partial charge in [0.05, 0.1) is 13.7 Å². The molecule has 0 amide bonds. The van der Waals surface area contributed by atoms with E-state index < -0.39 is 21.8 Å². The Bertz CT molecular complexity index is 935. The number of benzene rings is 1. The second-order valence-electron chi connectivity index (χ2n) is 6.20. The van der Waals surface area contributed by atoms with Crippen LogP contribution in [0, 0.1) is 5.82 Å². The predicted octanol–water partition coefficient (Wildman–Crippen LogP) is 2.69. The van der Waals surface area contributed by atoms with Gasteiger partial charge in [-0.15, -0.1) is 0 Å². The van der Waals surface area contributed by atoms with Crippen LogP contribution in [0.1, 0.15) is 35.2 Å². The van der Waals surface area contributed by atoms with Gasteiger partial charge in [-0.2, -0.15) is 9.40 Å². The summed E-state index contributed by atoms with van der Waals surface area (Å²) in [5.41, 5.74) is -0.0319. The normalized spacial score (nSPS) is 15.7. The molecule has 1 aliphatic rings. The zero-order valence-electron chi connectivity index (χ0n) is 14.7. The third-order valence-corrected chi connectivity index (χ3v) is 6.60.